The second-order valence-corrected chi connectivity index (χ2v) is 8.01. The lowest BCUT2D eigenvalue weighted by Gasteiger charge is -2.31. The fraction of sp³-hybridized carbons (Fsp3) is 0.286. The van der Waals surface area contributed by atoms with Gasteiger partial charge in [-0.15, -0.1) is 0 Å². The van der Waals surface area contributed by atoms with E-state index >= 15 is 0 Å². The third kappa shape index (κ3) is 3.23. The van der Waals surface area contributed by atoms with E-state index in [2.05, 4.69) is 15.9 Å². The van der Waals surface area contributed by atoms with Crippen LogP contribution in [0.25, 0.3) is 11.0 Å². The Morgan fingerprint density at radius 1 is 1.10 bits per heavy atom. The molecule has 2 amide bonds. The smallest absolute Gasteiger partial charge is 0.329 e. The summed E-state index contributed by atoms with van der Waals surface area (Å²) in [6.07, 6.45) is 0.229. The Balaban J connectivity index is 1.75. The van der Waals surface area contributed by atoms with Gasteiger partial charge in [-0.2, -0.15) is 0 Å². The molecule has 1 fully saturated rings. The topological polar surface area (TPSA) is 73.5 Å². The van der Waals surface area contributed by atoms with Crippen LogP contribution in [0.15, 0.2) is 45.7 Å². The van der Waals surface area contributed by atoms with Crippen molar-refractivity contribution in [3.8, 4) is 5.75 Å². The number of piperidine rings is 1. The molecule has 3 aromatic rings. The molecule has 1 aromatic heterocycles. The molecule has 0 aliphatic carbocycles. The lowest BCUT2D eigenvalue weighted by atomic mass is 10.0. The largest absolute Gasteiger partial charge is 0.497 e. The maximum Gasteiger partial charge on any atom is 0.329 e. The average Bonchev–Trinajstić information content (AvgIpc) is 3.01. The molecule has 2 heterocycles. The first kappa shape index (κ1) is 20.3. The Hall–Kier alpha value is -2.94. The van der Waals surface area contributed by atoms with E-state index in [1.807, 2.05) is 0 Å². The zero-order chi connectivity index (χ0) is 21.6. The van der Waals surface area contributed by atoms with Crippen LogP contribution in [0.5, 0.6) is 5.75 Å². The van der Waals surface area contributed by atoms with Crippen molar-refractivity contribution in [1.29, 1.82) is 0 Å². The number of carbonyl (C=O) groups is 2. The standard InChI is InChI=1S/C21H19BrFN3O4/c1-24-18-14(22)7-8-15(23)19(18)26(21(24)29)16-9-10-17(27)25(20(16)28)11-12-3-5-13(30-2)6-4-12/h3-8,16H,9-11H2,1-2H3. The van der Waals surface area contributed by atoms with E-state index < -0.39 is 23.5 Å². The normalized spacial score (nSPS) is 17.1. The van der Waals surface area contributed by atoms with Crippen molar-refractivity contribution in [2.45, 2.75) is 25.4 Å². The van der Waals surface area contributed by atoms with E-state index in [-0.39, 0.29) is 30.8 Å². The minimum Gasteiger partial charge on any atom is -0.497 e. The first-order valence-corrected chi connectivity index (χ1v) is 10.1. The monoisotopic (exact) mass is 475 g/mol. The molecule has 1 atom stereocenters. The molecule has 7 nitrogen and oxygen atoms in total. The van der Waals surface area contributed by atoms with Crippen molar-refractivity contribution in [3.05, 3.63) is 62.7 Å². The number of aromatic nitrogens is 2. The zero-order valence-electron chi connectivity index (χ0n) is 16.4. The Morgan fingerprint density at radius 3 is 2.47 bits per heavy atom. The van der Waals surface area contributed by atoms with Gasteiger partial charge < -0.3 is 4.74 Å². The molecule has 156 valence electrons. The van der Waals surface area contributed by atoms with Gasteiger partial charge in [0.05, 0.1) is 19.2 Å². The molecular formula is C21H19BrFN3O4. The molecule has 0 N–H and O–H groups in total. The number of imide groups is 1. The minimum atomic E-state index is -0.957. The van der Waals surface area contributed by atoms with Gasteiger partial charge in [-0.05, 0) is 52.2 Å². The lowest BCUT2D eigenvalue weighted by molar-refractivity contribution is -0.151. The van der Waals surface area contributed by atoms with Crippen molar-refractivity contribution in [3.63, 3.8) is 0 Å². The zero-order valence-corrected chi connectivity index (χ0v) is 18.0. The number of aryl methyl sites for hydroxylation is 1. The molecule has 1 aliphatic heterocycles. The second kappa shape index (κ2) is 7.71. The third-order valence-electron chi connectivity index (χ3n) is 5.42. The number of amides is 2. The molecule has 4 rings (SSSR count). The van der Waals surface area contributed by atoms with Crippen LogP contribution in [-0.2, 0) is 23.2 Å². The van der Waals surface area contributed by atoms with Gasteiger partial charge in [-0.3, -0.25) is 23.6 Å². The van der Waals surface area contributed by atoms with Gasteiger partial charge in [0.15, 0.2) is 0 Å². The first-order valence-electron chi connectivity index (χ1n) is 9.35. The number of fused-ring (bicyclic) bond motifs is 1. The first-order chi connectivity index (χ1) is 14.3. The molecule has 0 spiro atoms. The number of hydrogen-bond acceptors (Lipinski definition) is 4. The summed E-state index contributed by atoms with van der Waals surface area (Å²) in [5, 5.41) is 0. The maximum atomic E-state index is 14.7. The van der Waals surface area contributed by atoms with Gasteiger partial charge in [-0.25, -0.2) is 9.18 Å². The maximum absolute atomic E-state index is 14.7. The molecule has 0 saturated carbocycles. The third-order valence-corrected chi connectivity index (χ3v) is 6.06. The van der Waals surface area contributed by atoms with Gasteiger partial charge in [0.1, 0.15) is 23.1 Å². The minimum absolute atomic E-state index is 0.0500. The molecule has 1 saturated heterocycles. The summed E-state index contributed by atoms with van der Waals surface area (Å²) in [7, 11) is 3.08. The van der Waals surface area contributed by atoms with E-state index in [0.29, 0.717) is 15.7 Å². The number of ether oxygens (including phenoxy) is 1. The van der Waals surface area contributed by atoms with Crippen molar-refractivity contribution >= 4 is 38.8 Å². The number of methoxy groups -OCH3 is 1. The van der Waals surface area contributed by atoms with Crippen LogP contribution in [0, 0.1) is 5.82 Å². The van der Waals surface area contributed by atoms with E-state index in [4.69, 9.17) is 4.74 Å². The van der Waals surface area contributed by atoms with Crippen LogP contribution in [0.4, 0.5) is 4.39 Å². The summed E-state index contributed by atoms with van der Waals surface area (Å²) < 4.78 is 22.8. The second-order valence-electron chi connectivity index (χ2n) is 7.16. The Morgan fingerprint density at radius 2 is 1.80 bits per heavy atom. The highest BCUT2D eigenvalue weighted by Crippen LogP contribution is 2.31. The quantitative estimate of drug-likeness (QED) is 0.543. The number of carbonyl (C=O) groups excluding carboxylic acids is 2. The predicted octanol–water partition coefficient (Wildman–Crippen LogP) is 3.14. The number of rotatable bonds is 4. The highest BCUT2D eigenvalue weighted by molar-refractivity contribution is 9.10. The molecule has 9 heteroatoms. The predicted molar refractivity (Wildman–Crippen MR) is 112 cm³/mol. The van der Waals surface area contributed by atoms with Gasteiger partial charge in [-0.1, -0.05) is 12.1 Å². The fourth-order valence-corrected chi connectivity index (χ4v) is 4.45. The van der Waals surface area contributed by atoms with Crippen molar-refractivity contribution in [1.82, 2.24) is 14.0 Å². The SMILES string of the molecule is COc1ccc(CN2C(=O)CCC(n3c(=O)n(C)c4c(Br)ccc(F)c43)C2=O)cc1. The van der Waals surface area contributed by atoms with E-state index in [1.54, 1.807) is 31.4 Å². The number of halogens is 2. The number of hydrogen-bond donors (Lipinski definition) is 0. The van der Waals surface area contributed by atoms with Crippen LogP contribution in [0.2, 0.25) is 0 Å². The van der Waals surface area contributed by atoms with Crippen molar-refractivity contribution < 1.29 is 18.7 Å². The summed E-state index contributed by atoms with van der Waals surface area (Å²) in [5.74, 6) is -0.772. The van der Waals surface area contributed by atoms with Gasteiger partial charge in [0.2, 0.25) is 5.91 Å². The molecule has 30 heavy (non-hydrogen) atoms. The van der Waals surface area contributed by atoms with Crippen LogP contribution < -0.4 is 10.4 Å². The summed E-state index contributed by atoms with van der Waals surface area (Å²) in [6, 6.07) is 8.83. The lowest BCUT2D eigenvalue weighted by Crippen LogP contribution is -2.47. The van der Waals surface area contributed by atoms with E-state index in [9.17, 15) is 18.8 Å². The van der Waals surface area contributed by atoms with Gasteiger partial charge in [0.25, 0.3) is 5.91 Å². The fourth-order valence-electron chi connectivity index (χ4n) is 3.86. The highest BCUT2D eigenvalue weighted by Gasteiger charge is 2.38. The van der Waals surface area contributed by atoms with Crippen LogP contribution in [-0.4, -0.2) is 33.0 Å². The summed E-state index contributed by atoms with van der Waals surface area (Å²) in [5.41, 5.74) is 0.658. The van der Waals surface area contributed by atoms with E-state index in [1.165, 1.54) is 28.3 Å². The summed E-state index contributed by atoms with van der Waals surface area (Å²) in [6.45, 7) is 0.0733. The average molecular weight is 476 g/mol. The number of likely N-dealkylation sites (tertiary alicyclic amines) is 1. The van der Waals surface area contributed by atoms with Crippen molar-refractivity contribution in [2.75, 3.05) is 7.11 Å². The summed E-state index contributed by atoms with van der Waals surface area (Å²) >= 11 is 3.35. The van der Waals surface area contributed by atoms with E-state index in [0.717, 1.165) is 10.5 Å². The summed E-state index contributed by atoms with van der Waals surface area (Å²) in [4.78, 5) is 39.8. The van der Waals surface area contributed by atoms with Gasteiger partial charge in [0, 0.05) is 17.9 Å². The Labute approximate surface area is 179 Å². The molecule has 1 unspecified atom stereocenters. The molecule has 2 aromatic carbocycles. The van der Waals surface area contributed by atoms with Crippen LogP contribution in [0.3, 0.4) is 0 Å². The van der Waals surface area contributed by atoms with Crippen LogP contribution >= 0.6 is 15.9 Å². The number of benzene rings is 2. The van der Waals surface area contributed by atoms with Gasteiger partial charge >= 0.3 is 5.69 Å². The number of imidazole rings is 1. The number of nitrogens with zero attached hydrogens (tertiary/aromatic N) is 3. The molecule has 0 radical (unpaired) electrons. The Bertz CT molecular complexity index is 1220. The molecule has 0 bridgehead atoms. The molecular weight excluding hydrogens is 457 g/mol. The highest BCUT2D eigenvalue weighted by atomic mass is 79.9. The Kier molecular flexibility index (Phi) is 5.23. The molecule has 1 aliphatic rings. The van der Waals surface area contributed by atoms with Crippen LogP contribution in [0.1, 0.15) is 24.4 Å². The van der Waals surface area contributed by atoms with Crippen molar-refractivity contribution in [2.24, 2.45) is 7.05 Å².